The summed E-state index contributed by atoms with van der Waals surface area (Å²) < 4.78 is 6.65. The Bertz CT molecular complexity index is 482. The van der Waals surface area contributed by atoms with Crippen LogP contribution in [0.3, 0.4) is 0 Å². The number of carbonyl (C=O) groups is 2. The Labute approximate surface area is 169 Å². The first-order valence-electron chi connectivity index (χ1n) is 10.2. The van der Waals surface area contributed by atoms with Gasteiger partial charge in [0.1, 0.15) is 0 Å². The number of hydrogen-bond donors (Lipinski definition) is 1. The van der Waals surface area contributed by atoms with Crippen LogP contribution in [0, 0.1) is 0 Å². The normalized spacial score (nSPS) is 11.9. The average molecular weight is 412 g/mol. The summed E-state index contributed by atoms with van der Waals surface area (Å²) in [4.78, 5) is 23.0. The molecule has 27 heavy (non-hydrogen) atoms. The summed E-state index contributed by atoms with van der Waals surface area (Å²) in [5, 5.41) is 2.89. The molecule has 0 saturated heterocycles. The second kappa shape index (κ2) is 12.5. The fraction of sp³-hybridized carbons (Fsp3) is 0.714. The molecule has 0 unspecified atom stereocenters. The SMILES string of the molecule is C=C(C)C(=O)CCCCC[Si](C)(C)O[Si](C)(C)CCCCNC(=O)C(=C)C. The fourth-order valence-electron chi connectivity index (χ4n) is 3.10. The largest absolute Gasteiger partial charge is 0.455 e. The molecule has 0 aliphatic carbocycles. The predicted molar refractivity (Wildman–Crippen MR) is 121 cm³/mol. The third-order valence-electron chi connectivity index (χ3n) is 4.59. The summed E-state index contributed by atoms with van der Waals surface area (Å²) in [6, 6.07) is 2.28. The van der Waals surface area contributed by atoms with E-state index in [1.165, 1.54) is 0 Å². The molecule has 0 aromatic carbocycles. The van der Waals surface area contributed by atoms with Crippen molar-refractivity contribution >= 4 is 28.3 Å². The molecule has 0 rings (SSSR count). The van der Waals surface area contributed by atoms with E-state index in [2.05, 4.69) is 44.7 Å². The molecule has 0 radical (unpaired) electrons. The lowest BCUT2D eigenvalue weighted by Gasteiger charge is -2.34. The van der Waals surface area contributed by atoms with E-state index < -0.39 is 16.6 Å². The molecule has 0 aromatic rings. The second-order valence-corrected chi connectivity index (χ2v) is 17.7. The van der Waals surface area contributed by atoms with E-state index in [0.29, 0.717) is 24.1 Å². The van der Waals surface area contributed by atoms with Crippen LogP contribution in [-0.2, 0) is 13.7 Å². The minimum atomic E-state index is -1.67. The zero-order valence-corrected chi connectivity index (χ0v) is 20.5. The van der Waals surface area contributed by atoms with Crippen LogP contribution in [0.25, 0.3) is 0 Å². The number of amides is 1. The number of rotatable bonds is 15. The van der Waals surface area contributed by atoms with Gasteiger partial charge in [-0.05, 0) is 70.5 Å². The number of Topliss-reactive ketones (excluding diaryl/α,β-unsaturated/α-hetero) is 1. The van der Waals surface area contributed by atoms with Crippen LogP contribution in [0.15, 0.2) is 24.3 Å². The van der Waals surface area contributed by atoms with Crippen molar-refractivity contribution < 1.29 is 13.7 Å². The molecule has 0 bridgehead atoms. The van der Waals surface area contributed by atoms with Gasteiger partial charge in [-0.3, -0.25) is 9.59 Å². The van der Waals surface area contributed by atoms with Gasteiger partial charge in [0.2, 0.25) is 5.91 Å². The maximum Gasteiger partial charge on any atom is 0.246 e. The highest BCUT2D eigenvalue weighted by Crippen LogP contribution is 2.25. The Morgan fingerprint density at radius 1 is 0.815 bits per heavy atom. The number of allylic oxidation sites excluding steroid dienone is 1. The maximum absolute atomic E-state index is 11.6. The summed E-state index contributed by atoms with van der Waals surface area (Å²) in [5.74, 6) is 0.136. The second-order valence-electron chi connectivity index (χ2n) is 8.88. The van der Waals surface area contributed by atoms with E-state index in [1.54, 1.807) is 13.8 Å². The van der Waals surface area contributed by atoms with E-state index in [0.717, 1.165) is 44.2 Å². The smallest absolute Gasteiger partial charge is 0.246 e. The Morgan fingerprint density at radius 3 is 1.81 bits per heavy atom. The molecule has 1 N–H and O–H groups in total. The number of carbonyl (C=O) groups excluding carboxylic acids is 2. The minimum absolute atomic E-state index is 0.0544. The van der Waals surface area contributed by atoms with Gasteiger partial charge in [-0.1, -0.05) is 32.4 Å². The van der Waals surface area contributed by atoms with Crippen molar-refractivity contribution in [3.63, 3.8) is 0 Å². The van der Waals surface area contributed by atoms with Crippen LogP contribution in [0.2, 0.25) is 38.3 Å². The van der Waals surface area contributed by atoms with E-state index in [9.17, 15) is 9.59 Å². The Balaban J connectivity index is 4.03. The van der Waals surface area contributed by atoms with E-state index >= 15 is 0 Å². The standard InChI is InChI=1S/C21H41NO3Si2/c1-18(2)20(23)14-10-9-12-16-26(5,6)25-27(7,8)17-13-11-15-22-21(24)19(3)4/h1,3,9-17H2,2,4-8H3,(H,22,24). The first kappa shape index (κ1) is 26.0. The van der Waals surface area contributed by atoms with Gasteiger partial charge in [0.05, 0.1) is 0 Å². The van der Waals surface area contributed by atoms with Gasteiger partial charge in [-0.15, -0.1) is 0 Å². The van der Waals surface area contributed by atoms with Crippen molar-refractivity contribution in [2.75, 3.05) is 6.54 Å². The Morgan fingerprint density at radius 2 is 1.33 bits per heavy atom. The lowest BCUT2D eigenvalue weighted by molar-refractivity contribution is -0.117. The summed E-state index contributed by atoms with van der Waals surface area (Å²) in [5.41, 5.74) is 1.23. The molecular weight excluding hydrogens is 370 g/mol. The Hall–Kier alpha value is -0.986. The molecule has 1 amide bonds. The topological polar surface area (TPSA) is 55.4 Å². The van der Waals surface area contributed by atoms with Crippen molar-refractivity contribution in [2.45, 2.75) is 90.6 Å². The van der Waals surface area contributed by atoms with Gasteiger partial charge in [0.15, 0.2) is 22.4 Å². The summed E-state index contributed by atoms with van der Waals surface area (Å²) in [6.07, 6.45) is 5.87. The molecule has 0 heterocycles. The van der Waals surface area contributed by atoms with E-state index in [1.807, 2.05) is 0 Å². The first-order valence-corrected chi connectivity index (χ1v) is 16.4. The average Bonchev–Trinajstić information content (AvgIpc) is 2.52. The van der Waals surface area contributed by atoms with Crippen molar-refractivity contribution in [3.05, 3.63) is 24.3 Å². The van der Waals surface area contributed by atoms with Crippen molar-refractivity contribution in [1.29, 1.82) is 0 Å². The number of nitrogens with one attached hydrogen (secondary N) is 1. The summed E-state index contributed by atoms with van der Waals surface area (Å²) >= 11 is 0. The predicted octanol–water partition coefficient (Wildman–Crippen LogP) is 5.59. The van der Waals surface area contributed by atoms with Crippen LogP contribution in [0.1, 0.15) is 52.4 Å². The maximum atomic E-state index is 11.6. The van der Waals surface area contributed by atoms with Crippen LogP contribution >= 0.6 is 0 Å². The van der Waals surface area contributed by atoms with Crippen LogP contribution < -0.4 is 5.32 Å². The molecule has 0 aliphatic rings. The molecule has 156 valence electrons. The van der Waals surface area contributed by atoms with Crippen LogP contribution in [0.4, 0.5) is 0 Å². The fourth-order valence-corrected chi connectivity index (χ4v) is 12.1. The third-order valence-corrected chi connectivity index (χ3v) is 12.1. The van der Waals surface area contributed by atoms with Crippen LogP contribution in [0.5, 0.6) is 0 Å². The quantitative estimate of drug-likeness (QED) is 0.217. The van der Waals surface area contributed by atoms with E-state index in [4.69, 9.17) is 4.12 Å². The highest BCUT2D eigenvalue weighted by Gasteiger charge is 2.32. The first-order chi connectivity index (χ1) is 12.4. The molecule has 0 saturated carbocycles. The van der Waals surface area contributed by atoms with Crippen LogP contribution in [-0.4, -0.2) is 34.9 Å². The van der Waals surface area contributed by atoms with Crippen molar-refractivity contribution in [2.24, 2.45) is 0 Å². The molecule has 0 aliphatic heterocycles. The molecule has 0 spiro atoms. The molecule has 0 fully saturated rings. The lowest BCUT2D eigenvalue weighted by atomic mass is 10.1. The molecule has 0 aromatic heterocycles. The van der Waals surface area contributed by atoms with Crippen molar-refractivity contribution in [1.82, 2.24) is 5.32 Å². The van der Waals surface area contributed by atoms with E-state index in [-0.39, 0.29) is 11.7 Å². The van der Waals surface area contributed by atoms with Gasteiger partial charge in [-0.25, -0.2) is 0 Å². The van der Waals surface area contributed by atoms with Gasteiger partial charge in [0.25, 0.3) is 0 Å². The minimum Gasteiger partial charge on any atom is -0.455 e. The highest BCUT2D eigenvalue weighted by molar-refractivity contribution is 6.84. The number of unbranched alkanes of at least 4 members (excludes halogenated alkanes) is 3. The zero-order valence-electron chi connectivity index (χ0n) is 18.5. The Kier molecular flexibility index (Phi) is 12.0. The molecular formula is C21H41NO3Si2. The van der Waals surface area contributed by atoms with Gasteiger partial charge < -0.3 is 9.43 Å². The van der Waals surface area contributed by atoms with Gasteiger partial charge >= 0.3 is 0 Å². The molecule has 0 atom stereocenters. The number of ketones is 1. The summed E-state index contributed by atoms with van der Waals surface area (Å²) in [6.45, 7) is 20.8. The third kappa shape index (κ3) is 13.8. The monoisotopic (exact) mass is 411 g/mol. The van der Waals surface area contributed by atoms with Gasteiger partial charge in [-0.2, -0.15) is 0 Å². The van der Waals surface area contributed by atoms with Gasteiger partial charge in [0, 0.05) is 18.5 Å². The molecule has 4 nitrogen and oxygen atoms in total. The highest BCUT2D eigenvalue weighted by atomic mass is 28.4. The van der Waals surface area contributed by atoms with Crippen molar-refractivity contribution in [3.8, 4) is 0 Å². The number of hydrogen-bond acceptors (Lipinski definition) is 3. The lowest BCUT2D eigenvalue weighted by Crippen LogP contribution is -2.44. The zero-order chi connectivity index (χ0) is 21.1. The molecule has 6 heteroatoms. The summed E-state index contributed by atoms with van der Waals surface area (Å²) in [7, 11) is -3.33.